The third kappa shape index (κ3) is 7.41. The van der Waals surface area contributed by atoms with E-state index in [1.807, 2.05) is 4.90 Å². The van der Waals surface area contributed by atoms with Crippen LogP contribution in [0.1, 0.15) is 43.7 Å². The number of aryl methyl sites for hydroxylation is 1. The van der Waals surface area contributed by atoms with Crippen LogP contribution in [0.2, 0.25) is 0 Å². The molecule has 3 fully saturated rings. The number of carbonyl (C=O) groups is 2. The second kappa shape index (κ2) is 11.5. The van der Waals surface area contributed by atoms with Crippen molar-refractivity contribution in [3.63, 3.8) is 0 Å². The van der Waals surface area contributed by atoms with Crippen LogP contribution in [0.5, 0.6) is 0 Å². The van der Waals surface area contributed by atoms with Crippen LogP contribution in [-0.2, 0) is 32.0 Å². The lowest BCUT2D eigenvalue weighted by atomic mass is 9.84. The van der Waals surface area contributed by atoms with E-state index in [0.29, 0.717) is 0 Å². The van der Waals surface area contributed by atoms with Crippen molar-refractivity contribution in [2.24, 2.45) is 0 Å². The van der Waals surface area contributed by atoms with Crippen molar-refractivity contribution >= 4 is 11.9 Å². The van der Waals surface area contributed by atoms with Gasteiger partial charge in [-0.1, -0.05) is 31.2 Å². The predicted octanol–water partition coefficient (Wildman–Crippen LogP) is 3.25. The highest BCUT2D eigenvalue weighted by atomic mass is 19.4. The first-order valence-electron chi connectivity index (χ1n) is 11.7. The minimum absolute atomic E-state index is 0.0665. The number of nitrogens with zero attached hydrogens (tertiary/aromatic N) is 2. The second-order valence-electron chi connectivity index (χ2n) is 9.16. The second-order valence-corrected chi connectivity index (χ2v) is 9.16. The molecule has 4 rings (SSSR count). The number of hydrogen-bond acceptors (Lipinski definition) is 5. The molecule has 10 heteroatoms. The summed E-state index contributed by atoms with van der Waals surface area (Å²) in [5.74, 6) is -2.61. The van der Waals surface area contributed by atoms with Crippen LogP contribution >= 0.6 is 0 Å². The van der Waals surface area contributed by atoms with E-state index in [2.05, 4.69) is 36.1 Å². The van der Waals surface area contributed by atoms with E-state index in [1.165, 1.54) is 11.1 Å². The van der Waals surface area contributed by atoms with E-state index >= 15 is 0 Å². The number of rotatable bonds is 6. The molecule has 3 aliphatic rings. The Morgan fingerprint density at radius 3 is 2.29 bits per heavy atom. The van der Waals surface area contributed by atoms with Crippen molar-refractivity contribution in [1.29, 1.82) is 0 Å². The van der Waals surface area contributed by atoms with E-state index in [4.69, 9.17) is 19.4 Å². The summed E-state index contributed by atoms with van der Waals surface area (Å²) in [5.41, 5.74) is 2.68. The normalized spacial score (nSPS) is 22.1. The van der Waals surface area contributed by atoms with E-state index < -0.39 is 12.1 Å². The summed E-state index contributed by atoms with van der Waals surface area (Å²) in [6, 6.07) is 8.93. The fourth-order valence-electron chi connectivity index (χ4n) is 4.61. The lowest BCUT2D eigenvalue weighted by Crippen LogP contribution is -2.65. The molecule has 3 heterocycles. The number of ether oxygens (including phenoxy) is 2. The van der Waals surface area contributed by atoms with Crippen LogP contribution in [0.3, 0.4) is 0 Å². The number of aliphatic carboxylic acids is 1. The van der Waals surface area contributed by atoms with Gasteiger partial charge in [0.2, 0.25) is 5.91 Å². The maximum absolute atomic E-state index is 12.2. The molecule has 1 aromatic rings. The molecule has 3 saturated heterocycles. The molecule has 7 nitrogen and oxygen atoms in total. The summed E-state index contributed by atoms with van der Waals surface area (Å²) >= 11 is 0. The number of amides is 1. The molecule has 1 N–H and O–H groups in total. The van der Waals surface area contributed by atoms with Gasteiger partial charge >= 0.3 is 12.1 Å². The predicted molar refractivity (Wildman–Crippen MR) is 118 cm³/mol. The van der Waals surface area contributed by atoms with Gasteiger partial charge in [-0.2, -0.15) is 13.2 Å². The first kappa shape index (κ1) is 26.4. The molecule has 0 radical (unpaired) electrons. The molecule has 1 atom stereocenters. The Hall–Kier alpha value is -2.17. The zero-order valence-corrected chi connectivity index (χ0v) is 19.5. The number of hydrogen-bond donors (Lipinski definition) is 1. The maximum atomic E-state index is 12.2. The minimum atomic E-state index is -5.08. The summed E-state index contributed by atoms with van der Waals surface area (Å²) in [6.07, 6.45) is 0.213. The van der Waals surface area contributed by atoms with Gasteiger partial charge in [0.1, 0.15) is 6.61 Å². The first-order valence-corrected chi connectivity index (χ1v) is 11.7. The molecule has 1 amide bonds. The molecular formula is C24H33F3N2O5. The summed E-state index contributed by atoms with van der Waals surface area (Å²) in [5, 5.41) is 7.12. The number of halogens is 3. The van der Waals surface area contributed by atoms with Crippen molar-refractivity contribution in [2.75, 3.05) is 39.4 Å². The van der Waals surface area contributed by atoms with Gasteiger partial charge in [-0.15, -0.1) is 0 Å². The number of benzene rings is 1. The van der Waals surface area contributed by atoms with Gasteiger partial charge in [0, 0.05) is 45.8 Å². The highest BCUT2D eigenvalue weighted by Gasteiger charge is 2.47. The van der Waals surface area contributed by atoms with E-state index in [-0.39, 0.29) is 24.2 Å². The Labute approximate surface area is 197 Å². The molecule has 0 aromatic heterocycles. The van der Waals surface area contributed by atoms with Gasteiger partial charge in [-0.3, -0.25) is 9.69 Å². The van der Waals surface area contributed by atoms with Gasteiger partial charge in [0.25, 0.3) is 0 Å². The number of carboxylic acids is 1. The van der Waals surface area contributed by atoms with Crippen LogP contribution in [0.25, 0.3) is 0 Å². The van der Waals surface area contributed by atoms with Gasteiger partial charge in [0.05, 0.1) is 11.7 Å². The third-order valence-corrected chi connectivity index (χ3v) is 6.45. The van der Waals surface area contributed by atoms with Gasteiger partial charge in [-0.25, -0.2) is 4.79 Å². The fourth-order valence-corrected chi connectivity index (χ4v) is 4.61. The summed E-state index contributed by atoms with van der Waals surface area (Å²) in [6.45, 7) is 7.85. The highest BCUT2D eigenvalue weighted by Crippen LogP contribution is 2.36. The SMILES string of the molecule is CCc1ccc(CN2CC3(CC(OCC(=O)N4CCCC4)CCO3)C2)cc1.O=C(O)C(F)(F)F. The van der Waals surface area contributed by atoms with E-state index in [0.717, 1.165) is 71.4 Å². The standard InChI is InChI=1S/C22H32N2O3.C2HF3O2/c1-2-18-5-7-19(8-6-18)14-23-16-22(17-23)13-20(9-12-27-22)26-15-21(25)24-10-3-4-11-24;3-2(4,5)1(6)7/h5-8,20H,2-4,9-17H2,1H3;(H,6,7). The van der Waals surface area contributed by atoms with Crippen molar-refractivity contribution in [3.05, 3.63) is 35.4 Å². The Morgan fingerprint density at radius 2 is 1.74 bits per heavy atom. The molecule has 0 aliphatic carbocycles. The fraction of sp³-hybridized carbons (Fsp3) is 0.667. The van der Waals surface area contributed by atoms with E-state index in [1.54, 1.807) is 0 Å². The Morgan fingerprint density at radius 1 is 1.15 bits per heavy atom. The van der Waals surface area contributed by atoms with Crippen LogP contribution in [0.15, 0.2) is 24.3 Å². The number of likely N-dealkylation sites (tertiary alicyclic amines) is 2. The quantitative estimate of drug-likeness (QED) is 0.665. The molecular weight excluding hydrogens is 453 g/mol. The zero-order valence-electron chi connectivity index (χ0n) is 19.5. The van der Waals surface area contributed by atoms with Crippen LogP contribution < -0.4 is 0 Å². The summed E-state index contributed by atoms with van der Waals surface area (Å²) < 4.78 is 43.8. The molecule has 1 aromatic carbocycles. The molecule has 0 bridgehead atoms. The van der Waals surface area contributed by atoms with Crippen LogP contribution in [0, 0.1) is 0 Å². The molecule has 1 spiro atoms. The van der Waals surface area contributed by atoms with Crippen molar-refractivity contribution in [2.45, 2.75) is 63.5 Å². The summed E-state index contributed by atoms with van der Waals surface area (Å²) in [4.78, 5) is 25.5. The minimum Gasteiger partial charge on any atom is -0.475 e. The largest absolute Gasteiger partial charge is 0.490 e. The van der Waals surface area contributed by atoms with Crippen LogP contribution in [0.4, 0.5) is 13.2 Å². The lowest BCUT2D eigenvalue weighted by molar-refractivity contribution is -0.200. The number of carboxylic acid groups (broad SMARTS) is 1. The summed E-state index contributed by atoms with van der Waals surface area (Å²) in [7, 11) is 0. The molecule has 3 aliphatic heterocycles. The molecule has 1 unspecified atom stereocenters. The van der Waals surface area contributed by atoms with Crippen molar-refractivity contribution in [3.8, 4) is 0 Å². The average molecular weight is 487 g/mol. The average Bonchev–Trinajstić information content (AvgIpc) is 3.32. The van der Waals surface area contributed by atoms with Crippen molar-refractivity contribution in [1.82, 2.24) is 9.80 Å². The Balaban J connectivity index is 0.000000406. The number of carbonyl (C=O) groups excluding carboxylic acids is 1. The Bertz CT molecular complexity index is 819. The van der Waals surface area contributed by atoms with Gasteiger partial charge < -0.3 is 19.5 Å². The molecule has 0 saturated carbocycles. The Kier molecular flexibility index (Phi) is 8.95. The van der Waals surface area contributed by atoms with Gasteiger partial charge in [0.15, 0.2) is 0 Å². The zero-order chi connectivity index (χ0) is 24.8. The number of alkyl halides is 3. The topological polar surface area (TPSA) is 79.3 Å². The molecule has 190 valence electrons. The third-order valence-electron chi connectivity index (χ3n) is 6.45. The smallest absolute Gasteiger partial charge is 0.475 e. The molecule has 34 heavy (non-hydrogen) atoms. The highest BCUT2D eigenvalue weighted by molar-refractivity contribution is 5.77. The first-order chi connectivity index (χ1) is 16.1. The van der Waals surface area contributed by atoms with Gasteiger partial charge in [-0.05, 0) is 36.8 Å². The maximum Gasteiger partial charge on any atom is 0.490 e. The van der Waals surface area contributed by atoms with Crippen molar-refractivity contribution < 1.29 is 37.3 Å². The van der Waals surface area contributed by atoms with Crippen LogP contribution in [-0.4, -0.2) is 84.1 Å². The lowest BCUT2D eigenvalue weighted by Gasteiger charge is -2.53. The monoisotopic (exact) mass is 486 g/mol. The van der Waals surface area contributed by atoms with E-state index in [9.17, 15) is 18.0 Å².